The molecule has 0 saturated carbocycles. The van der Waals surface area contributed by atoms with Gasteiger partial charge in [0.25, 0.3) is 0 Å². The molecular weight excluding hydrogens is 440 g/mol. The number of nitrogens with one attached hydrogen (secondary N) is 1. The van der Waals surface area contributed by atoms with Crippen molar-refractivity contribution in [2.24, 2.45) is 0 Å². The molecule has 3 rings (SSSR count). The molecule has 1 heterocycles. The van der Waals surface area contributed by atoms with E-state index in [2.05, 4.69) is 46.2 Å². The molecule has 0 bridgehead atoms. The highest BCUT2D eigenvalue weighted by atomic mass is 32.2. The summed E-state index contributed by atoms with van der Waals surface area (Å²) in [4.78, 5) is 23.8. The van der Waals surface area contributed by atoms with E-state index in [1.807, 2.05) is 23.6 Å². The fraction of sp³-hybridized carbons (Fsp3) is 0.333. The number of benzene rings is 2. The first-order valence-electron chi connectivity index (χ1n) is 10.7. The number of hydrogen-bond acceptors (Lipinski definition) is 7. The van der Waals surface area contributed by atoms with Crippen molar-refractivity contribution in [1.82, 2.24) is 14.8 Å². The molecule has 0 unspecified atom stereocenters. The minimum atomic E-state index is -0.422. The molecule has 0 aliphatic carbocycles. The van der Waals surface area contributed by atoms with Gasteiger partial charge in [0.05, 0.1) is 18.4 Å². The lowest BCUT2D eigenvalue weighted by molar-refractivity contribution is -0.113. The summed E-state index contributed by atoms with van der Waals surface area (Å²) < 4.78 is 12.5. The van der Waals surface area contributed by atoms with E-state index in [0.29, 0.717) is 41.3 Å². The monoisotopic (exact) mass is 468 g/mol. The standard InChI is InChI=1S/C24H28N4O4S/c1-5-28-21(14-32-20-12-8-17(9-13-20)16(2)3)26-27-24(28)33-15-22(29)25-19-10-6-18(7-11-19)23(30)31-4/h6-13,16H,5,14-15H2,1-4H3,(H,25,29). The van der Waals surface area contributed by atoms with Gasteiger partial charge >= 0.3 is 5.97 Å². The molecule has 174 valence electrons. The molecule has 0 aliphatic rings. The van der Waals surface area contributed by atoms with E-state index in [1.54, 1.807) is 24.3 Å². The molecule has 0 radical (unpaired) electrons. The Balaban J connectivity index is 1.54. The van der Waals surface area contributed by atoms with Gasteiger partial charge in [-0.05, 0) is 54.8 Å². The number of esters is 1. The maximum atomic E-state index is 12.3. The summed E-state index contributed by atoms with van der Waals surface area (Å²) >= 11 is 1.31. The van der Waals surface area contributed by atoms with Crippen molar-refractivity contribution in [3.63, 3.8) is 0 Å². The minimum Gasteiger partial charge on any atom is -0.486 e. The van der Waals surface area contributed by atoms with Gasteiger partial charge < -0.3 is 19.4 Å². The van der Waals surface area contributed by atoms with E-state index in [-0.39, 0.29) is 11.7 Å². The number of anilines is 1. The zero-order valence-electron chi connectivity index (χ0n) is 19.2. The lowest BCUT2D eigenvalue weighted by Crippen LogP contribution is -2.15. The van der Waals surface area contributed by atoms with Crippen LogP contribution < -0.4 is 10.1 Å². The first kappa shape index (κ1) is 24.3. The summed E-state index contributed by atoms with van der Waals surface area (Å²) in [7, 11) is 1.33. The van der Waals surface area contributed by atoms with Crippen LogP contribution in [0, 0.1) is 0 Å². The molecule has 1 N–H and O–H groups in total. The summed E-state index contributed by atoms with van der Waals surface area (Å²) in [6.07, 6.45) is 0. The van der Waals surface area contributed by atoms with Crippen LogP contribution in [-0.4, -0.2) is 39.5 Å². The van der Waals surface area contributed by atoms with E-state index in [1.165, 1.54) is 24.4 Å². The van der Waals surface area contributed by atoms with Crippen molar-refractivity contribution in [2.45, 2.75) is 45.0 Å². The molecule has 1 amide bonds. The first-order chi connectivity index (χ1) is 15.9. The number of nitrogens with zero attached hydrogens (tertiary/aromatic N) is 3. The average molecular weight is 469 g/mol. The maximum Gasteiger partial charge on any atom is 0.337 e. The Kier molecular flexibility index (Phi) is 8.48. The van der Waals surface area contributed by atoms with Crippen LogP contribution in [0.15, 0.2) is 53.7 Å². The number of hydrogen-bond donors (Lipinski definition) is 1. The van der Waals surface area contributed by atoms with Crippen LogP contribution in [0.5, 0.6) is 5.75 Å². The van der Waals surface area contributed by atoms with Gasteiger partial charge in [-0.2, -0.15) is 0 Å². The highest BCUT2D eigenvalue weighted by molar-refractivity contribution is 7.99. The summed E-state index contributed by atoms with van der Waals surface area (Å²) in [5, 5.41) is 11.9. The number of methoxy groups -OCH3 is 1. The number of carbonyl (C=O) groups excluding carboxylic acids is 2. The van der Waals surface area contributed by atoms with E-state index < -0.39 is 5.97 Å². The lowest BCUT2D eigenvalue weighted by Gasteiger charge is -2.10. The average Bonchev–Trinajstić information content (AvgIpc) is 3.23. The van der Waals surface area contributed by atoms with Crippen LogP contribution in [0.25, 0.3) is 0 Å². The second-order valence-corrected chi connectivity index (χ2v) is 8.50. The van der Waals surface area contributed by atoms with Crippen LogP contribution in [0.1, 0.15) is 48.4 Å². The number of thioether (sulfide) groups is 1. The second-order valence-electron chi connectivity index (χ2n) is 7.56. The van der Waals surface area contributed by atoms with Crippen LogP contribution in [0.4, 0.5) is 5.69 Å². The molecular formula is C24H28N4O4S. The molecule has 33 heavy (non-hydrogen) atoms. The van der Waals surface area contributed by atoms with Crippen LogP contribution >= 0.6 is 11.8 Å². The van der Waals surface area contributed by atoms with Gasteiger partial charge in [0.2, 0.25) is 5.91 Å². The Morgan fingerprint density at radius 3 is 2.36 bits per heavy atom. The van der Waals surface area contributed by atoms with Crippen molar-refractivity contribution in [2.75, 3.05) is 18.2 Å². The molecule has 9 heteroatoms. The highest BCUT2D eigenvalue weighted by Crippen LogP contribution is 2.21. The van der Waals surface area contributed by atoms with Gasteiger partial charge in [-0.25, -0.2) is 4.79 Å². The minimum absolute atomic E-state index is 0.175. The SMILES string of the molecule is CCn1c(COc2ccc(C(C)C)cc2)nnc1SCC(=O)Nc1ccc(C(=O)OC)cc1. The number of carbonyl (C=O) groups is 2. The Hall–Kier alpha value is -3.33. The van der Waals surface area contributed by atoms with Crippen molar-refractivity contribution < 1.29 is 19.1 Å². The predicted molar refractivity (Wildman–Crippen MR) is 128 cm³/mol. The third kappa shape index (κ3) is 6.58. The van der Waals surface area contributed by atoms with Crippen LogP contribution in [0.3, 0.4) is 0 Å². The lowest BCUT2D eigenvalue weighted by atomic mass is 10.0. The molecule has 0 atom stereocenters. The Labute approximate surface area is 197 Å². The molecule has 8 nitrogen and oxygen atoms in total. The van der Waals surface area contributed by atoms with Crippen LogP contribution in [-0.2, 0) is 22.7 Å². The molecule has 0 aliphatic heterocycles. The fourth-order valence-corrected chi connectivity index (χ4v) is 3.90. The number of ether oxygens (including phenoxy) is 2. The number of rotatable bonds is 10. The second kappa shape index (κ2) is 11.5. The van der Waals surface area contributed by atoms with E-state index in [9.17, 15) is 9.59 Å². The quantitative estimate of drug-likeness (QED) is 0.345. The molecule has 0 spiro atoms. The Bertz CT molecular complexity index is 1080. The van der Waals surface area contributed by atoms with Crippen molar-refractivity contribution in [3.8, 4) is 5.75 Å². The summed E-state index contributed by atoms with van der Waals surface area (Å²) in [6, 6.07) is 14.6. The van der Waals surface area contributed by atoms with Gasteiger partial charge in [0, 0.05) is 12.2 Å². The predicted octanol–water partition coefficient (Wildman–Crippen LogP) is 4.52. The first-order valence-corrected chi connectivity index (χ1v) is 11.7. The van der Waals surface area contributed by atoms with Gasteiger partial charge in [-0.3, -0.25) is 4.79 Å². The Morgan fingerprint density at radius 2 is 1.76 bits per heavy atom. The molecule has 0 fully saturated rings. The molecule has 2 aromatic carbocycles. The summed E-state index contributed by atoms with van der Waals surface area (Å²) in [5.41, 5.74) is 2.28. The molecule has 3 aromatic rings. The topological polar surface area (TPSA) is 95.3 Å². The maximum absolute atomic E-state index is 12.3. The van der Waals surface area contributed by atoms with Gasteiger partial charge in [0.15, 0.2) is 11.0 Å². The number of amides is 1. The van der Waals surface area contributed by atoms with Crippen molar-refractivity contribution >= 4 is 29.3 Å². The third-order valence-electron chi connectivity index (χ3n) is 4.95. The smallest absolute Gasteiger partial charge is 0.337 e. The molecule has 0 saturated heterocycles. The van der Waals surface area contributed by atoms with Crippen molar-refractivity contribution in [3.05, 3.63) is 65.5 Å². The number of aromatic nitrogens is 3. The normalized spacial score (nSPS) is 10.8. The molecule has 1 aromatic heterocycles. The van der Waals surface area contributed by atoms with E-state index >= 15 is 0 Å². The zero-order chi connectivity index (χ0) is 23.8. The fourth-order valence-electron chi connectivity index (χ4n) is 3.08. The Morgan fingerprint density at radius 1 is 1.06 bits per heavy atom. The van der Waals surface area contributed by atoms with Crippen molar-refractivity contribution in [1.29, 1.82) is 0 Å². The largest absolute Gasteiger partial charge is 0.486 e. The van der Waals surface area contributed by atoms with Gasteiger partial charge in [0.1, 0.15) is 12.4 Å². The van der Waals surface area contributed by atoms with Gasteiger partial charge in [-0.15, -0.1) is 10.2 Å². The van der Waals surface area contributed by atoms with Gasteiger partial charge in [-0.1, -0.05) is 37.7 Å². The van der Waals surface area contributed by atoms with E-state index in [4.69, 9.17) is 4.74 Å². The summed E-state index contributed by atoms with van der Waals surface area (Å²) in [6.45, 7) is 7.26. The summed E-state index contributed by atoms with van der Waals surface area (Å²) in [5.74, 6) is 1.52. The zero-order valence-corrected chi connectivity index (χ0v) is 20.0. The third-order valence-corrected chi connectivity index (χ3v) is 5.91. The highest BCUT2D eigenvalue weighted by Gasteiger charge is 2.14. The van der Waals surface area contributed by atoms with Crippen LogP contribution in [0.2, 0.25) is 0 Å². The van der Waals surface area contributed by atoms with E-state index in [0.717, 1.165) is 5.75 Å².